The molecule has 1 N–H and O–H groups in total. The van der Waals surface area contributed by atoms with Crippen LogP contribution in [-0.2, 0) is 9.59 Å². The number of nitrogens with one attached hydrogen (secondary N) is 1. The lowest BCUT2D eigenvalue weighted by molar-refractivity contribution is -0.139. The van der Waals surface area contributed by atoms with E-state index in [4.69, 9.17) is 0 Å². The fourth-order valence-electron chi connectivity index (χ4n) is 4.32. The molecule has 4 rings (SSSR count). The molecule has 2 fully saturated rings. The molecule has 2 aromatic heterocycles. The standard InChI is InChI=1S/C23H28N4O3S/c1-16-7-8-20(24-15-16)25-21(28)17-9-12-26(13-10-17)22(29)18-5-2-3-11-27(18)23(30)19-6-4-14-31-19/h4,6-8,14-15,17-18H,2-3,5,9-13H2,1H3,(H,24,25,28). The van der Waals surface area contributed by atoms with Crippen molar-refractivity contribution in [2.24, 2.45) is 5.92 Å². The van der Waals surface area contributed by atoms with E-state index < -0.39 is 6.04 Å². The van der Waals surface area contributed by atoms with Crippen LogP contribution in [0.2, 0.25) is 0 Å². The molecule has 3 amide bonds. The molecule has 0 bridgehead atoms. The maximum atomic E-state index is 13.3. The van der Waals surface area contributed by atoms with Crippen LogP contribution in [0.5, 0.6) is 0 Å². The average Bonchev–Trinajstić information content (AvgIpc) is 3.35. The van der Waals surface area contributed by atoms with Crippen molar-refractivity contribution in [3.05, 3.63) is 46.3 Å². The lowest BCUT2D eigenvalue weighted by Gasteiger charge is -2.39. The third-order valence-electron chi connectivity index (χ3n) is 6.12. The highest BCUT2D eigenvalue weighted by molar-refractivity contribution is 7.12. The van der Waals surface area contributed by atoms with Crippen LogP contribution in [0, 0.1) is 12.8 Å². The summed E-state index contributed by atoms with van der Waals surface area (Å²) in [5.74, 6) is 0.341. The van der Waals surface area contributed by atoms with Crippen LogP contribution in [-0.4, -0.2) is 58.2 Å². The first-order valence-corrected chi connectivity index (χ1v) is 11.8. The van der Waals surface area contributed by atoms with Crippen molar-refractivity contribution in [1.29, 1.82) is 0 Å². The molecule has 0 aliphatic carbocycles. The Balaban J connectivity index is 1.34. The molecule has 0 saturated carbocycles. The Hall–Kier alpha value is -2.74. The predicted molar refractivity (Wildman–Crippen MR) is 120 cm³/mol. The maximum Gasteiger partial charge on any atom is 0.264 e. The zero-order valence-electron chi connectivity index (χ0n) is 17.8. The first-order chi connectivity index (χ1) is 15.0. The summed E-state index contributed by atoms with van der Waals surface area (Å²) in [6, 6.07) is 6.99. The summed E-state index contributed by atoms with van der Waals surface area (Å²) in [6.45, 7) is 3.65. The number of hydrogen-bond donors (Lipinski definition) is 1. The highest BCUT2D eigenvalue weighted by atomic mass is 32.1. The van der Waals surface area contributed by atoms with Crippen molar-refractivity contribution in [3.63, 3.8) is 0 Å². The van der Waals surface area contributed by atoms with Crippen molar-refractivity contribution in [1.82, 2.24) is 14.8 Å². The lowest BCUT2D eigenvalue weighted by atomic mass is 9.94. The summed E-state index contributed by atoms with van der Waals surface area (Å²) in [6.07, 6.45) is 5.55. The molecule has 0 radical (unpaired) electrons. The van der Waals surface area contributed by atoms with Gasteiger partial charge in [-0.1, -0.05) is 12.1 Å². The van der Waals surface area contributed by atoms with Gasteiger partial charge >= 0.3 is 0 Å². The fourth-order valence-corrected chi connectivity index (χ4v) is 4.99. The van der Waals surface area contributed by atoms with Crippen LogP contribution in [0.25, 0.3) is 0 Å². The summed E-state index contributed by atoms with van der Waals surface area (Å²) in [5, 5.41) is 4.76. The number of likely N-dealkylation sites (tertiary alicyclic amines) is 2. The van der Waals surface area contributed by atoms with E-state index in [9.17, 15) is 14.4 Å². The smallest absolute Gasteiger partial charge is 0.264 e. The SMILES string of the molecule is Cc1ccc(NC(=O)C2CCN(C(=O)C3CCCCN3C(=O)c3cccs3)CC2)nc1. The Bertz CT molecular complexity index is 921. The first kappa shape index (κ1) is 21.5. The van der Waals surface area contributed by atoms with Gasteiger partial charge in [-0.15, -0.1) is 11.3 Å². The summed E-state index contributed by atoms with van der Waals surface area (Å²) < 4.78 is 0. The zero-order chi connectivity index (χ0) is 21.8. The van der Waals surface area contributed by atoms with Crippen LogP contribution in [0.1, 0.15) is 47.3 Å². The minimum Gasteiger partial charge on any atom is -0.341 e. The van der Waals surface area contributed by atoms with Crippen molar-refractivity contribution in [2.75, 3.05) is 25.0 Å². The Morgan fingerprint density at radius 3 is 2.55 bits per heavy atom. The van der Waals surface area contributed by atoms with E-state index in [-0.39, 0.29) is 23.6 Å². The number of thiophene rings is 1. The van der Waals surface area contributed by atoms with Gasteiger partial charge in [-0.3, -0.25) is 14.4 Å². The molecule has 31 heavy (non-hydrogen) atoms. The summed E-state index contributed by atoms with van der Waals surface area (Å²) in [7, 11) is 0. The normalized spacial score (nSPS) is 19.8. The number of nitrogens with zero attached hydrogens (tertiary/aromatic N) is 3. The molecule has 4 heterocycles. The molecule has 1 unspecified atom stereocenters. The van der Waals surface area contributed by atoms with E-state index in [2.05, 4.69) is 10.3 Å². The predicted octanol–water partition coefficient (Wildman–Crippen LogP) is 3.32. The van der Waals surface area contributed by atoms with Gasteiger partial charge in [0.1, 0.15) is 11.9 Å². The van der Waals surface area contributed by atoms with Gasteiger partial charge < -0.3 is 15.1 Å². The van der Waals surface area contributed by atoms with Gasteiger partial charge in [-0.2, -0.15) is 0 Å². The van der Waals surface area contributed by atoms with E-state index in [1.165, 1.54) is 11.3 Å². The largest absolute Gasteiger partial charge is 0.341 e. The molecule has 2 aliphatic rings. The van der Waals surface area contributed by atoms with E-state index in [1.807, 2.05) is 35.4 Å². The van der Waals surface area contributed by atoms with Gasteiger partial charge in [0.05, 0.1) is 4.88 Å². The van der Waals surface area contributed by atoms with Crippen LogP contribution < -0.4 is 5.32 Å². The molecule has 2 aromatic rings. The molecular formula is C23H28N4O3S. The van der Waals surface area contributed by atoms with Gasteiger partial charge in [-0.05, 0) is 62.1 Å². The van der Waals surface area contributed by atoms with Crippen LogP contribution >= 0.6 is 11.3 Å². The van der Waals surface area contributed by atoms with Crippen molar-refractivity contribution >= 4 is 34.9 Å². The number of hydrogen-bond acceptors (Lipinski definition) is 5. The van der Waals surface area contributed by atoms with E-state index in [0.29, 0.717) is 49.6 Å². The van der Waals surface area contributed by atoms with Crippen LogP contribution in [0.15, 0.2) is 35.8 Å². The molecule has 2 aliphatic heterocycles. The number of carbonyl (C=O) groups excluding carboxylic acids is 3. The lowest BCUT2D eigenvalue weighted by Crippen LogP contribution is -2.54. The molecule has 1 atom stereocenters. The van der Waals surface area contributed by atoms with Crippen LogP contribution in [0.3, 0.4) is 0 Å². The number of piperidine rings is 2. The summed E-state index contributed by atoms with van der Waals surface area (Å²) >= 11 is 1.41. The van der Waals surface area contributed by atoms with Crippen molar-refractivity contribution in [3.8, 4) is 0 Å². The minimum atomic E-state index is -0.398. The van der Waals surface area contributed by atoms with Crippen molar-refractivity contribution < 1.29 is 14.4 Å². The van der Waals surface area contributed by atoms with Gasteiger partial charge in [0.15, 0.2) is 0 Å². The second kappa shape index (κ2) is 9.60. The number of anilines is 1. The second-order valence-electron chi connectivity index (χ2n) is 8.30. The Morgan fingerprint density at radius 1 is 1.06 bits per heavy atom. The second-order valence-corrected chi connectivity index (χ2v) is 9.24. The number of aromatic nitrogens is 1. The number of aryl methyl sites for hydroxylation is 1. The van der Waals surface area contributed by atoms with E-state index in [0.717, 1.165) is 18.4 Å². The number of amides is 3. The molecule has 2 saturated heterocycles. The third kappa shape index (κ3) is 4.95. The number of pyridine rings is 1. The molecule has 7 nitrogen and oxygen atoms in total. The van der Waals surface area contributed by atoms with Gasteiger partial charge in [0.25, 0.3) is 5.91 Å². The van der Waals surface area contributed by atoms with Crippen molar-refractivity contribution in [2.45, 2.75) is 45.1 Å². The minimum absolute atomic E-state index is 0.0173. The number of carbonyl (C=O) groups is 3. The van der Waals surface area contributed by atoms with E-state index >= 15 is 0 Å². The topological polar surface area (TPSA) is 82.6 Å². The Labute approximate surface area is 186 Å². The van der Waals surface area contributed by atoms with Crippen LogP contribution in [0.4, 0.5) is 5.82 Å². The summed E-state index contributed by atoms with van der Waals surface area (Å²) in [4.78, 5) is 47.3. The molecule has 164 valence electrons. The number of rotatable bonds is 4. The zero-order valence-corrected chi connectivity index (χ0v) is 18.6. The van der Waals surface area contributed by atoms with Gasteiger partial charge in [-0.25, -0.2) is 4.98 Å². The van der Waals surface area contributed by atoms with Gasteiger partial charge in [0.2, 0.25) is 11.8 Å². The van der Waals surface area contributed by atoms with E-state index in [1.54, 1.807) is 17.2 Å². The molecule has 0 spiro atoms. The Kier molecular flexibility index (Phi) is 6.65. The first-order valence-electron chi connectivity index (χ1n) is 10.9. The fraction of sp³-hybridized carbons (Fsp3) is 0.478. The molecule has 0 aromatic carbocycles. The third-order valence-corrected chi connectivity index (χ3v) is 6.98. The highest BCUT2D eigenvalue weighted by Crippen LogP contribution is 2.26. The highest BCUT2D eigenvalue weighted by Gasteiger charge is 2.37. The van der Waals surface area contributed by atoms with Gasteiger partial charge in [0, 0.05) is 31.7 Å². The molecular weight excluding hydrogens is 412 g/mol. The summed E-state index contributed by atoms with van der Waals surface area (Å²) in [5.41, 5.74) is 1.04. The Morgan fingerprint density at radius 2 is 1.87 bits per heavy atom. The molecule has 8 heteroatoms. The maximum absolute atomic E-state index is 13.3. The average molecular weight is 441 g/mol. The quantitative estimate of drug-likeness (QED) is 0.791. The monoisotopic (exact) mass is 440 g/mol.